The summed E-state index contributed by atoms with van der Waals surface area (Å²) in [5, 5.41) is 0. The zero-order valence-electron chi connectivity index (χ0n) is 19.2. The second kappa shape index (κ2) is 11.0. The third-order valence-corrected chi connectivity index (χ3v) is 5.37. The van der Waals surface area contributed by atoms with E-state index >= 15 is 0 Å². The molecule has 182 valence electrons. The van der Waals surface area contributed by atoms with Crippen molar-refractivity contribution in [2.75, 3.05) is 25.2 Å². The van der Waals surface area contributed by atoms with Crippen molar-refractivity contribution in [1.82, 2.24) is 10.9 Å². The van der Waals surface area contributed by atoms with Crippen LogP contribution in [0.25, 0.3) is 0 Å². The summed E-state index contributed by atoms with van der Waals surface area (Å²) in [6.07, 6.45) is 0.696. The van der Waals surface area contributed by atoms with E-state index in [9.17, 15) is 23.2 Å². The molecule has 0 bridgehead atoms. The number of benzene rings is 2. The molecule has 34 heavy (non-hydrogen) atoms. The summed E-state index contributed by atoms with van der Waals surface area (Å²) in [6.45, 7) is 4.58. The Morgan fingerprint density at radius 3 is 2.56 bits per heavy atom. The highest BCUT2D eigenvalue weighted by molar-refractivity contribution is 6.01. The van der Waals surface area contributed by atoms with E-state index in [1.54, 1.807) is 6.07 Å². The molecule has 2 aromatic carbocycles. The van der Waals surface area contributed by atoms with Gasteiger partial charge in [0.2, 0.25) is 11.8 Å². The van der Waals surface area contributed by atoms with Gasteiger partial charge >= 0.3 is 0 Å². The van der Waals surface area contributed by atoms with Gasteiger partial charge in [-0.25, -0.2) is 8.78 Å². The number of hydrogen-bond donors (Lipinski definition) is 2. The van der Waals surface area contributed by atoms with Gasteiger partial charge in [-0.1, -0.05) is 13.8 Å². The van der Waals surface area contributed by atoms with E-state index < -0.39 is 35.3 Å². The molecule has 1 saturated heterocycles. The van der Waals surface area contributed by atoms with Crippen LogP contribution in [-0.2, 0) is 9.59 Å². The van der Waals surface area contributed by atoms with Crippen LogP contribution < -0.4 is 25.2 Å². The molecule has 0 saturated carbocycles. The van der Waals surface area contributed by atoms with Crippen LogP contribution in [0.5, 0.6) is 11.5 Å². The third kappa shape index (κ3) is 6.00. The van der Waals surface area contributed by atoms with E-state index in [0.717, 1.165) is 23.5 Å². The summed E-state index contributed by atoms with van der Waals surface area (Å²) in [5.41, 5.74) is 4.72. The number of hydrazine groups is 1. The first-order valence-electron chi connectivity index (χ1n) is 10.9. The number of amides is 3. The molecule has 2 N–H and O–H groups in total. The fourth-order valence-electron chi connectivity index (χ4n) is 3.44. The molecule has 3 rings (SSSR count). The largest absolute Gasteiger partial charge is 0.493 e. The number of nitrogens with one attached hydrogen (secondary N) is 2. The first-order valence-corrected chi connectivity index (χ1v) is 10.9. The Morgan fingerprint density at radius 1 is 1.12 bits per heavy atom. The molecule has 8 nitrogen and oxygen atoms in total. The van der Waals surface area contributed by atoms with Crippen LogP contribution in [0.4, 0.5) is 14.5 Å². The molecule has 1 atom stereocenters. The Balaban J connectivity index is 1.57. The third-order valence-electron chi connectivity index (χ3n) is 5.37. The van der Waals surface area contributed by atoms with Crippen molar-refractivity contribution in [2.24, 2.45) is 11.8 Å². The van der Waals surface area contributed by atoms with E-state index in [0.29, 0.717) is 30.1 Å². The maximum absolute atomic E-state index is 14.0. The SMILES string of the molecule is COc1cc(C(=O)NNC(=O)C2CC(=O)N(c3ccc(F)cc3F)C2)ccc1OCCC(C)C. The van der Waals surface area contributed by atoms with Crippen LogP contribution in [0.2, 0.25) is 0 Å². The second-order valence-electron chi connectivity index (χ2n) is 8.34. The molecule has 10 heteroatoms. The highest BCUT2D eigenvalue weighted by Crippen LogP contribution is 2.29. The van der Waals surface area contributed by atoms with Gasteiger partial charge in [0, 0.05) is 24.6 Å². The van der Waals surface area contributed by atoms with Crippen molar-refractivity contribution in [2.45, 2.75) is 26.7 Å². The molecule has 0 aliphatic carbocycles. The lowest BCUT2D eigenvalue weighted by Crippen LogP contribution is -2.45. The first kappa shape index (κ1) is 24.9. The zero-order chi connectivity index (χ0) is 24.8. The topological polar surface area (TPSA) is 97.0 Å². The lowest BCUT2D eigenvalue weighted by atomic mass is 10.1. The van der Waals surface area contributed by atoms with E-state index in [4.69, 9.17) is 9.47 Å². The molecule has 1 heterocycles. The summed E-state index contributed by atoms with van der Waals surface area (Å²) in [6, 6.07) is 7.49. The number of methoxy groups -OCH3 is 1. The Hall–Kier alpha value is -3.69. The molecule has 0 aromatic heterocycles. The van der Waals surface area contributed by atoms with E-state index in [1.807, 2.05) is 0 Å². The van der Waals surface area contributed by atoms with Gasteiger partial charge in [-0.3, -0.25) is 25.2 Å². The van der Waals surface area contributed by atoms with Crippen LogP contribution in [0.15, 0.2) is 36.4 Å². The Kier molecular flexibility index (Phi) is 8.04. The van der Waals surface area contributed by atoms with Crippen LogP contribution in [0.1, 0.15) is 37.0 Å². The summed E-state index contributed by atoms with van der Waals surface area (Å²) < 4.78 is 38.2. The lowest BCUT2D eigenvalue weighted by molar-refractivity contribution is -0.126. The van der Waals surface area contributed by atoms with Crippen LogP contribution in [-0.4, -0.2) is 38.0 Å². The highest BCUT2D eigenvalue weighted by Gasteiger charge is 2.36. The fourth-order valence-corrected chi connectivity index (χ4v) is 3.44. The molecule has 1 fully saturated rings. The van der Waals surface area contributed by atoms with Gasteiger partial charge in [-0.15, -0.1) is 0 Å². The van der Waals surface area contributed by atoms with Crippen molar-refractivity contribution < 1.29 is 32.6 Å². The Bertz CT molecular complexity index is 1080. The van der Waals surface area contributed by atoms with E-state index in [1.165, 1.54) is 19.2 Å². The predicted molar refractivity (Wildman–Crippen MR) is 120 cm³/mol. The van der Waals surface area contributed by atoms with Crippen molar-refractivity contribution >= 4 is 23.4 Å². The maximum Gasteiger partial charge on any atom is 0.269 e. The minimum absolute atomic E-state index is 0.0979. The number of nitrogens with zero attached hydrogens (tertiary/aromatic N) is 1. The van der Waals surface area contributed by atoms with Crippen LogP contribution >= 0.6 is 0 Å². The van der Waals surface area contributed by atoms with Crippen LogP contribution in [0, 0.1) is 23.5 Å². The second-order valence-corrected chi connectivity index (χ2v) is 8.34. The molecule has 0 radical (unpaired) electrons. The number of hydrogen-bond acceptors (Lipinski definition) is 5. The van der Waals surface area contributed by atoms with Crippen molar-refractivity contribution in [3.05, 3.63) is 53.6 Å². The van der Waals surface area contributed by atoms with Crippen LogP contribution in [0.3, 0.4) is 0 Å². The standard InChI is InChI=1S/C24H27F2N3O5/c1-14(2)8-9-34-20-7-4-15(10-21(20)33-3)23(31)27-28-24(32)16-11-22(30)29(13-16)19-6-5-17(25)12-18(19)26/h4-7,10,12,14,16H,8-9,11,13H2,1-3H3,(H,27,31)(H,28,32). The highest BCUT2D eigenvalue weighted by atomic mass is 19.1. The minimum Gasteiger partial charge on any atom is -0.493 e. The predicted octanol–water partition coefficient (Wildman–Crippen LogP) is 3.21. The number of carbonyl (C=O) groups excluding carboxylic acids is 3. The lowest BCUT2D eigenvalue weighted by Gasteiger charge is -2.17. The molecule has 3 amide bonds. The molecule has 2 aromatic rings. The summed E-state index contributed by atoms with van der Waals surface area (Å²) in [4.78, 5) is 38.3. The van der Waals surface area contributed by atoms with Gasteiger partial charge in [0.05, 0.1) is 25.3 Å². The summed E-state index contributed by atoms with van der Waals surface area (Å²) in [7, 11) is 1.46. The normalized spacial score (nSPS) is 15.4. The molecule has 1 aliphatic heterocycles. The molecular weight excluding hydrogens is 448 g/mol. The van der Waals surface area contributed by atoms with Gasteiger partial charge in [-0.05, 0) is 42.7 Å². The monoisotopic (exact) mass is 475 g/mol. The van der Waals surface area contributed by atoms with Gasteiger partial charge in [0.1, 0.15) is 11.6 Å². The molecule has 1 aliphatic rings. The summed E-state index contributed by atoms with van der Waals surface area (Å²) in [5.74, 6) is -2.79. The van der Waals surface area contributed by atoms with Gasteiger partial charge in [0.15, 0.2) is 11.5 Å². The maximum atomic E-state index is 14.0. The number of carbonyl (C=O) groups is 3. The average molecular weight is 475 g/mol. The van der Waals surface area contributed by atoms with E-state index in [-0.39, 0.29) is 24.2 Å². The van der Waals surface area contributed by atoms with Gasteiger partial charge in [-0.2, -0.15) is 0 Å². The summed E-state index contributed by atoms with van der Waals surface area (Å²) >= 11 is 0. The minimum atomic E-state index is -0.895. The number of rotatable bonds is 8. The number of ether oxygens (including phenoxy) is 2. The Morgan fingerprint density at radius 2 is 1.88 bits per heavy atom. The average Bonchev–Trinajstić information content (AvgIpc) is 3.18. The molecule has 1 unspecified atom stereocenters. The van der Waals surface area contributed by atoms with Crippen molar-refractivity contribution in [1.29, 1.82) is 0 Å². The number of anilines is 1. The van der Waals surface area contributed by atoms with Gasteiger partial charge in [0.25, 0.3) is 5.91 Å². The van der Waals surface area contributed by atoms with Crippen molar-refractivity contribution in [3.63, 3.8) is 0 Å². The number of halogens is 2. The fraction of sp³-hybridized carbons (Fsp3) is 0.375. The quantitative estimate of drug-likeness (QED) is 0.572. The molecular formula is C24H27F2N3O5. The molecule has 0 spiro atoms. The van der Waals surface area contributed by atoms with Gasteiger partial charge < -0.3 is 14.4 Å². The Labute approximate surface area is 196 Å². The zero-order valence-corrected chi connectivity index (χ0v) is 19.2. The van der Waals surface area contributed by atoms with E-state index in [2.05, 4.69) is 24.7 Å². The van der Waals surface area contributed by atoms with Crippen molar-refractivity contribution in [3.8, 4) is 11.5 Å². The first-order chi connectivity index (χ1) is 16.2. The smallest absolute Gasteiger partial charge is 0.269 e.